The van der Waals surface area contributed by atoms with Gasteiger partial charge in [0, 0.05) is 91.4 Å². The summed E-state index contributed by atoms with van der Waals surface area (Å²) in [6.45, 7) is 14.6. The van der Waals surface area contributed by atoms with Crippen molar-refractivity contribution in [1.82, 2.24) is 30.6 Å². The highest BCUT2D eigenvalue weighted by atomic mass is 16.2. The number of benzene rings is 1. The third-order valence-corrected chi connectivity index (χ3v) is 11.5. The zero-order valence-electron chi connectivity index (χ0n) is 29.0. The summed E-state index contributed by atoms with van der Waals surface area (Å²) in [4.78, 5) is 41.9. The van der Waals surface area contributed by atoms with E-state index >= 15 is 0 Å². The van der Waals surface area contributed by atoms with Gasteiger partial charge in [-0.05, 0) is 134 Å². The molecule has 8 rings (SSSR count). The van der Waals surface area contributed by atoms with Crippen LogP contribution in [0.25, 0.3) is 0 Å². The van der Waals surface area contributed by atoms with Gasteiger partial charge in [-0.25, -0.2) is 0 Å². The Morgan fingerprint density at radius 2 is 0.771 bits per heavy atom. The van der Waals surface area contributed by atoms with Crippen LogP contribution in [0.1, 0.15) is 133 Å². The minimum Gasteiger partial charge on any atom is -0.361 e. The molecule has 0 saturated heterocycles. The first-order valence-corrected chi connectivity index (χ1v) is 17.3. The van der Waals surface area contributed by atoms with Crippen LogP contribution >= 0.6 is 0 Å². The van der Waals surface area contributed by atoms with E-state index in [9.17, 15) is 9.59 Å². The average molecular weight is 645 g/mol. The summed E-state index contributed by atoms with van der Waals surface area (Å²) in [5, 5.41) is 6.21. The van der Waals surface area contributed by atoms with Gasteiger partial charge >= 0.3 is 0 Å². The Labute approximate surface area is 282 Å². The Hall–Kier alpha value is -4.72. The van der Waals surface area contributed by atoms with E-state index in [1.807, 2.05) is 0 Å². The van der Waals surface area contributed by atoms with Crippen LogP contribution in [0, 0.1) is 0 Å². The first kappa shape index (κ1) is 31.9. The van der Waals surface area contributed by atoms with Crippen LogP contribution in [0.5, 0.6) is 0 Å². The first-order chi connectivity index (χ1) is 22.8. The average Bonchev–Trinajstić information content (AvgIpc) is 3.90. The normalized spacial score (nSPS) is 24.0. The maximum absolute atomic E-state index is 13.2. The number of rotatable bonds is 0. The van der Waals surface area contributed by atoms with Gasteiger partial charge in [0.25, 0.3) is 11.8 Å². The lowest BCUT2D eigenvalue weighted by molar-refractivity contribution is 0.0951. The smallest absolute Gasteiger partial charge is 0.251 e. The van der Waals surface area contributed by atoms with Crippen molar-refractivity contribution in [2.45, 2.75) is 88.9 Å². The SMILES string of the molecule is CC1(C)c2ccc([nH]2)C2(C)CCCNC(=O)c3cccc(c3)C(=O)NCCCC(C)(c3ccc1[nH]3)c1ccc([nH]1)C(C)(C)c1ccc2[nH]1. The molecule has 0 aliphatic carbocycles. The molecule has 6 N–H and O–H groups in total. The summed E-state index contributed by atoms with van der Waals surface area (Å²) in [7, 11) is 0. The van der Waals surface area contributed by atoms with Gasteiger partial charge in [-0.3, -0.25) is 9.59 Å². The Morgan fingerprint density at radius 3 is 1.10 bits per heavy atom. The third kappa shape index (κ3) is 5.22. The molecule has 0 radical (unpaired) electrons. The predicted molar refractivity (Wildman–Crippen MR) is 190 cm³/mol. The number of carbonyl (C=O) groups is 2. The van der Waals surface area contributed by atoms with Crippen LogP contribution < -0.4 is 10.6 Å². The van der Waals surface area contributed by atoms with Crippen LogP contribution in [0.4, 0.5) is 0 Å². The Bertz CT molecular complexity index is 1750. The number of aromatic nitrogens is 4. The van der Waals surface area contributed by atoms with Gasteiger partial charge in [0.2, 0.25) is 0 Å². The van der Waals surface area contributed by atoms with Gasteiger partial charge in [0.1, 0.15) is 0 Å². The zero-order valence-corrected chi connectivity index (χ0v) is 29.0. The van der Waals surface area contributed by atoms with E-state index in [4.69, 9.17) is 0 Å². The second-order valence-electron chi connectivity index (χ2n) is 15.4. The van der Waals surface area contributed by atoms with Crippen molar-refractivity contribution >= 4 is 11.8 Å². The molecule has 7 heterocycles. The molecule has 3 aliphatic heterocycles. The molecule has 0 unspecified atom stereocenters. The zero-order chi connectivity index (χ0) is 33.9. The van der Waals surface area contributed by atoms with Crippen molar-refractivity contribution in [1.29, 1.82) is 0 Å². The molecule has 0 atom stereocenters. The van der Waals surface area contributed by atoms with E-state index in [0.29, 0.717) is 24.2 Å². The fourth-order valence-corrected chi connectivity index (χ4v) is 7.74. The molecule has 0 spiro atoms. The molecule has 48 heavy (non-hydrogen) atoms. The number of aromatic amines is 4. The molecule has 3 aliphatic rings. The van der Waals surface area contributed by atoms with E-state index in [1.165, 1.54) is 0 Å². The molecule has 250 valence electrons. The third-order valence-electron chi connectivity index (χ3n) is 11.5. The number of hydrogen-bond acceptors (Lipinski definition) is 2. The summed E-state index contributed by atoms with van der Waals surface area (Å²) in [5.74, 6) is -0.346. The van der Waals surface area contributed by atoms with Crippen molar-refractivity contribution in [3.8, 4) is 0 Å². The topological polar surface area (TPSA) is 121 Å². The molecule has 8 heteroatoms. The highest BCUT2D eigenvalue weighted by molar-refractivity contribution is 5.99. The van der Waals surface area contributed by atoms with Gasteiger partial charge in [-0.1, -0.05) is 6.07 Å². The Balaban J connectivity index is 1.40. The van der Waals surface area contributed by atoms with E-state index in [-0.39, 0.29) is 33.5 Å². The molecule has 8 nitrogen and oxygen atoms in total. The quantitative estimate of drug-likeness (QED) is 0.106. The molecule has 2 amide bonds. The molecule has 0 fully saturated rings. The summed E-state index contributed by atoms with van der Waals surface area (Å²) in [6, 6.07) is 24.8. The number of fused-ring (bicyclic) bond motifs is 8. The summed E-state index contributed by atoms with van der Waals surface area (Å²) >= 11 is 0. The molecule has 0 saturated carbocycles. The molecule has 4 aromatic heterocycles. The summed E-state index contributed by atoms with van der Waals surface area (Å²) in [5.41, 5.74) is 8.68. The van der Waals surface area contributed by atoms with Crippen LogP contribution in [0.3, 0.4) is 0 Å². The molecular weight excluding hydrogens is 596 g/mol. The van der Waals surface area contributed by atoms with Crippen molar-refractivity contribution in [2.24, 2.45) is 0 Å². The van der Waals surface area contributed by atoms with Crippen LogP contribution in [0.15, 0.2) is 72.8 Å². The lowest BCUT2D eigenvalue weighted by atomic mass is 9.79. The highest BCUT2D eigenvalue weighted by Gasteiger charge is 2.39. The van der Waals surface area contributed by atoms with Gasteiger partial charge in [0.15, 0.2) is 0 Å². The van der Waals surface area contributed by atoms with Crippen LogP contribution in [-0.4, -0.2) is 44.8 Å². The van der Waals surface area contributed by atoms with E-state index in [2.05, 4.69) is 121 Å². The molecular formula is C40H48N6O2. The second-order valence-corrected chi connectivity index (χ2v) is 15.4. The summed E-state index contributed by atoms with van der Waals surface area (Å²) < 4.78 is 0. The maximum atomic E-state index is 13.2. The van der Waals surface area contributed by atoms with E-state index < -0.39 is 0 Å². The number of hydrogen-bond donors (Lipinski definition) is 6. The predicted octanol–water partition coefficient (Wildman–Crippen LogP) is 7.31. The number of amides is 2. The maximum Gasteiger partial charge on any atom is 0.251 e. The lowest BCUT2D eigenvalue weighted by Gasteiger charge is -2.31. The first-order valence-electron chi connectivity index (χ1n) is 17.3. The molecule has 12 bridgehead atoms. The van der Waals surface area contributed by atoms with Crippen molar-refractivity contribution in [3.05, 3.63) is 129 Å². The molecule has 1 aromatic carbocycles. The monoisotopic (exact) mass is 644 g/mol. The van der Waals surface area contributed by atoms with Crippen molar-refractivity contribution in [2.75, 3.05) is 13.1 Å². The Morgan fingerprint density at radius 1 is 0.458 bits per heavy atom. The minimum absolute atomic E-state index is 0.173. The van der Waals surface area contributed by atoms with Crippen LogP contribution in [0.2, 0.25) is 0 Å². The van der Waals surface area contributed by atoms with Gasteiger partial charge in [0.05, 0.1) is 0 Å². The fourth-order valence-electron chi connectivity index (χ4n) is 7.74. The number of H-pyrrole nitrogens is 4. The minimum atomic E-state index is -0.375. The standard InChI is InChI=1S/C40H48N6O2/c1-37(2)27-12-16-31(43-27)39(5)20-8-22-41-35(47)25-10-7-11-26(24-25)36(48)42-23-9-21-40(6,32-17-13-28(37)44-32)34-19-15-30(46-34)38(3,4)29-14-18-33(39)45-29/h7,10-19,24,43-46H,8-9,20-23H2,1-6H3,(H,41,47)(H,42,48). The fraction of sp³-hybridized carbons (Fsp3) is 0.400. The highest BCUT2D eigenvalue weighted by Crippen LogP contribution is 2.43. The van der Waals surface area contributed by atoms with Gasteiger partial charge in [-0.15, -0.1) is 0 Å². The largest absolute Gasteiger partial charge is 0.361 e. The van der Waals surface area contributed by atoms with E-state index in [1.54, 1.807) is 24.3 Å². The van der Waals surface area contributed by atoms with Crippen LogP contribution in [-0.2, 0) is 21.7 Å². The lowest BCUT2D eigenvalue weighted by Crippen LogP contribution is -2.31. The number of nitrogens with one attached hydrogen (secondary N) is 6. The van der Waals surface area contributed by atoms with Crippen molar-refractivity contribution in [3.63, 3.8) is 0 Å². The second kappa shape index (κ2) is 11.5. The van der Waals surface area contributed by atoms with Gasteiger partial charge < -0.3 is 30.6 Å². The van der Waals surface area contributed by atoms with Gasteiger partial charge in [-0.2, -0.15) is 0 Å². The summed E-state index contributed by atoms with van der Waals surface area (Å²) in [6.07, 6.45) is 3.12. The van der Waals surface area contributed by atoms with Crippen molar-refractivity contribution < 1.29 is 9.59 Å². The molecule has 5 aromatic rings. The number of carbonyl (C=O) groups excluding carboxylic acids is 2. The Kier molecular flexibility index (Phi) is 7.61. The van der Waals surface area contributed by atoms with E-state index in [0.717, 1.165) is 71.2 Å².